The van der Waals surface area contributed by atoms with E-state index in [0.29, 0.717) is 5.69 Å². The molecule has 10 heteroatoms. The largest absolute Gasteiger partial charge is 0.389 e. The Hall–Kier alpha value is -1.97. The van der Waals surface area contributed by atoms with Gasteiger partial charge in [0.05, 0.1) is 36.4 Å². The van der Waals surface area contributed by atoms with E-state index in [0.717, 1.165) is 11.1 Å². The van der Waals surface area contributed by atoms with Crippen molar-refractivity contribution in [3.8, 4) is 5.69 Å². The average molecular weight is 395 g/mol. The molecule has 2 aromatic rings. The average Bonchev–Trinajstić information content (AvgIpc) is 2.85. The number of amides is 1. The number of hydrogen-bond donors (Lipinski definition) is 0. The molecule has 1 amide bonds. The van der Waals surface area contributed by atoms with Crippen LogP contribution in [0.3, 0.4) is 0 Å². The van der Waals surface area contributed by atoms with Crippen molar-refractivity contribution in [3.63, 3.8) is 0 Å². The van der Waals surface area contributed by atoms with Crippen LogP contribution in [0, 0.1) is 5.82 Å². The molecule has 0 bridgehead atoms. The zero-order chi connectivity index (χ0) is 17.2. The molecule has 0 fully saturated rings. The van der Waals surface area contributed by atoms with Gasteiger partial charge in [-0.15, -0.1) is 0 Å². The second-order valence-electron chi connectivity index (χ2n) is 4.68. The highest BCUT2D eigenvalue weighted by atomic mass is 79.9. The predicted molar refractivity (Wildman–Crippen MR) is 77.7 cm³/mol. The van der Waals surface area contributed by atoms with Crippen LogP contribution in [0.5, 0.6) is 0 Å². The summed E-state index contributed by atoms with van der Waals surface area (Å²) in [6, 6.07) is 1.18. The van der Waals surface area contributed by atoms with Crippen LogP contribution in [0.15, 0.2) is 29.3 Å². The second-order valence-corrected chi connectivity index (χ2v) is 5.43. The van der Waals surface area contributed by atoms with E-state index in [1.165, 1.54) is 30.2 Å². The van der Waals surface area contributed by atoms with E-state index in [2.05, 4.69) is 26.0 Å². The van der Waals surface area contributed by atoms with Gasteiger partial charge in [-0.1, -0.05) is 0 Å². The fourth-order valence-corrected chi connectivity index (χ4v) is 2.32. The summed E-state index contributed by atoms with van der Waals surface area (Å²) >= 11 is 3.13. The molecule has 124 valence electrons. The molecule has 23 heavy (non-hydrogen) atoms. The third kappa shape index (κ3) is 4.50. The predicted octanol–water partition coefficient (Wildman–Crippen LogP) is 3.47. The summed E-state index contributed by atoms with van der Waals surface area (Å²) in [7, 11) is 1.34. The van der Waals surface area contributed by atoms with Gasteiger partial charge in [-0.3, -0.25) is 9.78 Å². The van der Waals surface area contributed by atoms with Crippen LogP contribution < -0.4 is 4.90 Å². The summed E-state index contributed by atoms with van der Waals surface area (Å²) in [6.45, 7) is 0. The number of carbonyl (C=O) groups is 1. The van der Waals surface area contributed by atoms with Crippen molar-refractivity contribution >= 4 is 27.5 Å². The monoisotopic (exact) mass is 394 g/mol. The maximum atomic E-state index is 13.2. The number of carbonyl (C=O) groups excluding carboxylic acids is 1. The number of nitrogens with zero attached hydrogens (tertiary/aromatic N) is 4. The van der Waals surface area contributed by atoms with Gasteiger partial charge in [0.15, 0.2) is 4.60 Å². The van der Waals surface area contributed by atoms with Crippen LogP contribution in [0.4, 0.5) is 23.2 Å². The first-order valence-corrected chi connectivity index (χ1v) is 7.16. The first kappa shape index (κ1) is 17.4. The molecule has 0 spiro atoms. The molecule has 0 saturated heterocycles. The van der Waals surface area contributed by atoms with Crippen molar-refractivity contribution in [1.82, 2.24) is 14.8 Å². The quantitative estimate of drug-likeness (QED) is 0.746. The lowest BCUT2D eigenvalue weighted by molar-refractivity contribution is -0.142. The summed E-state index contributed by atoms with van der Waals surface area (Å²) in [5.41, 5.74) is 0.578. The highest BCUT2D eigenvalue weighted by Gasteiger charge is 2.29. The molecular weight excluding hydrogens is 384 g/mol. The van der Waals surface area contributed by atoms with E-state index in [-0.39, 0.29) is 10.3 Å². The van der Waals surface area contributed by atoms with Gasteiger partial charge in [-0.05, 0) is 15.9 Å². The molecule has 0 aliphatic rings. The first-order chi connectivity index (χ1) is 10.7. The van der Waals surface area contributed by atoms with E-state index >= 15 is 0 Å². The van der Waals surface area contributed by atoms with Gasteiger partial charge in [0, 0.05) is 19.5 Å². The number of anilines is 1. The molecule has 0 aliphatic heterocycles. The fourth-order valence-electron chi connectivity index (χ4n) is 1.78. The molecular formula is C13H11BrF4N4O. The van der Waals surface area contributed by atoms with Crippen molar-refractivity contribution in [1.29, 1.82) is 0 Å². The molecule has 0 saturated carbocycles. The summed E-state index contributed by atoms with van der Waals surface area (Å²) in [4.78, 5) is 16.6. The standard InChI is InChI=1S/C13H11BrF4N4O/c1-21(11(23)2-3-13(16,17)18)10-7-22(20-12(10)14)9-4-8(15)5-19-6-9/h4-7H,2-3H2,1H3. The van der Waals surface area contributed by atoms with Gasteiger partial charge in [0.2, 0.25) is 5.91 Å². The van der Waals surface area contributed by atoms with Gasteiger partial charge in [0.25, 0.3) is 0 Å². The highest BCUT2D eigenvalue weighted by molar-refractivity contribution is 9.10. The molecule has 0 atom stereocenters. The van der Waals surface area contributed by atoms with Crippen molar-refractivity contribution in [2.75, 3.05) is 11.9 Å². The van der Waals surface area contributed by atoms with E-state index < -0.39 is 30.7 Å². The number of alkyl halides is 3. The number of rotatable bonds is 4. The van der Waals surface area contributed by atoms with Gasteiger partial charge >= 0.3 is 6.18 Å². The molecule has 2 heterocycles. The lowest BCUT2D eigenvalue weighted by atomic mass is 10.2. The summed E-state index contributed by atoms with van der Waals surface area (Å²) in [5.74, 6) is -1.27. The Morgan fingerprint density at radius 3 is 2.70 bits per heavy atom. The van der Waals surface area contributed by atoms with Crippen LogP contribution in [-0.4, -0.2) is 33.9 Å². The summed E-state index contributed by atoms with van der Waals surface area (Å²) < 4.78 is 51.2. The van der Waals surface area contributed by atoms with E-state index in [4.69, 9.17) is 0 Å². The Kier molecular flexibility index (Phi) is 5.03. The third-order valence-electron chi connectivity index (χ3n) is 2.96. The maximum Gasteiger partial charge on any atom is 0.389 e. The van der Waals surface area contributed by atoms with Crippen molar-refractivity contribution < 1.29 is 22.4 Å². The molecule has 0 radical (unpaired) electrons. The first-order valence-electron chi connectivity index (χ1n) is 6.37. The molecule has 0 aromatic carbocycles. The van der Waals surface area contributed by atoms with Crippen molar-refractivity contribution in [2.24, 2.45) is 0 Å². The molecule has 0 aliphatic carbocycles. The van der Waals surface area contributed by atoms with Crippen molar-refractivity contribution in [2.45, 2.75) is 19.0 Å². The van der Waals surface area contributed by atoms with Crippen LogP contribution >= 0.6 is 15.9 Å². The normalized spacial score (nSPS) is 11.6. The van der Waals surface area contributed by atoms with Crippen LogP contribution in [0.25, 0.3) is 5.69 Å². The second kappa shape index (κ2) is 6.65. The Bertz CT molecular complexity index is 716. The van der Waals surface area contributed by atoms with Crippen LogP contribution in [0.1, 0.15) is 12.8 Å². The fraction of sp³-hybridized carbons (Fsp3) is 0.308. The Balaban J connectivity index is 2.19. The highest BCUT2D eigenvalue weighted by Crippen LogP contribution is 2.27. The zero-order valence-electron chi connectivity index (χ0n) is 11.8. The van der Waals surface area contributed by atoms with Gasteiger partial charge in [-0.25, -0.2) is 9.07 Å². The molecule has 0 unspecified atom stereocenters. The lowest BCUT2D eigenvalue weighted by Crippen LogP contribution is -2.27. The summed E-state index contributed by atoms with van der Waals surface area (Å²) in [5, 5.41) is 4.04. The summed E-state index contributed by atoms with van der Waals surface area (Å²) in [6.07, 6.45) is -2.49. The SMILES string of the molecule is CN(C(=O)CCC(F)(F)F)c1cn(-c2cncc(F)c2)nc1Br. The Labute approximate surface area is 137 Å². The molecule has 2 aromatic heterocycles. The van der Waals surface area contributed by atoms with E-state index in [1.54, 1.807) is 0 Å². The van der Waals surface area contributed by atoms with Crippen molar-refractivity contribution in [3.05, 3.63) is 35.1 Å². The maximum absolute atomic E-state index is 13.2. The minimum atomic E-state index is -4.40. The smallest absolute Gasteiger partial charge is 0.312 e. The minimum Gasteiger partial charge on any atom is -0.312 e. The number of aromatic nitrogens is 3. The van der Waals surface area contributed by atoms with Crippen LogP contribution in [0.2, 0.25) is 0 Å². The molecule has 0 N–H and O–H groups in total. The van der Waals surface area contributed by atoms with Crippen LogP contribution in [-0.2, 0) is 4.79 Å². The number of hydrogen-bond acceptors (Lipinski definition) is 3. The third-order valence-corrected chi connectivity index (χ3v) is 3.53. The van der Waals surface area contributed by atoms with Gasteiger partial charge < -0.3 is 4.90 Å². The molecule has 2 rings (SSSR count). The van der Waals surface area contributed by atoms with E-state index in [9.17, 15) is 22.4 Å². The van der Waals surface area contributed by atoms with Gasteiger partial charge in [-0.2, -0.15) is 18.3 Å². The lowest BCUT2D eigenvalue weighted by Gasteiger charge is -2.16. The Morgan fingerprint density at radius 1 is 1.39 bits per heavy atom. The number of halogens is 5. The van der Waals surface area contributed by atoms with E-state index in [1.807, 2.05) is 0 Å². The zero-order valence-corrected chi connectivity index (χ0v) is 13.4. The number of pyridine rings is 1. The van der Waals surface area contributed by atoms with Gasteiger partial charge in [0.1, 0.15) is 5.82 Å². The minimum absolute atomic E-state index is 0.240. The topological polar surface area (TPSA) is 51.0 Å². The Morgan fingerprint density at radius 2 is 2.09 bits per heavy atom. The molecule has 5 nitrogen and oxygen atoms in total.